The molecule has 5 heteroatoms. The van der Waals surface area contributed by atoms with Gasteiger partial charge >= 0.3 is 5.97 Å². The van der Waals surface area contributed by atoms with Crippen molar-refractivity contribution in [3.8, 4) is 17.6 Å². The molecule has 2 aromatic rings. The predicted molar refractivity (Wildman–Crippen MR) is 76.9 cm³/mol. The minimum absolute atomic E-state index is 0.0919. The monoisotopic (exact) mass is 331 g/mol. The number of hydrogen-bond donors (Lipinski definition) is 1. The zero-order chi connectivity index (χ0) is 14.5. The number of halogens is 1. The first-order valence-corrected chi connectivity index (χ1v) is 6.56. The molecule has 0 aliphatic rings. The van der Waals surface area contributed by atoms with Gasteiger partial charge in [0.05, 0.1) is 12.5 Å². The number of nitrogens with zero attached hydrogens (tertiary/aromatic N) is 1. The van der Waals surface area contributed by atoms with E-state index in [4.69, 9.17) is 15.1 Å². The first kappa shape index (κ1) is 14.1. The van der Waals surface area contributed by atoms with E-state index in [1.165, 1.54) is 6.07 Å². The van der Waals surface area contributed by atoms with Crippen LogP contribution in [0.1, 0.15) is 15.9 Å². The van der Waals surface area contributed by atoms with Gasteiger partial charge in [-0.3, -0.25) is 0 Å². The third-order valence-electron chi connectivity index (χ3n) is 2.61. The van der Waals surface area contributed by atoms with Gasteiger partial charge in [0.1, 0.15) is 17.1 Å². The van der Waals surface area contributed by atoms with Crippen LogP contribution >= 0.6 is 15.9 Å². The highest BCUT2D eigenvalue weighted by atomic mass is 79.9. The molecule has 20 heavy (non-hydrogen) atoms. The second kappa shape index (κ2) is 6.22. The van der Waals surface area contributed by atoms with Crippen molar-refractivity contribution in [2.45, 2.75) is 6.42 Å². The first-order chi connectivity index (χ1) is 9.60. The number of carboxylic acids is 1. The van der Waals surface area contributed by atoms with Crippen LogP contribution < -0.4 is 4.74 Å². The Balaban J connectivity index is 2.27. The van der Waals surface area contributed by atoms with E-state index in [2.05, 4.69) is 22.0 Å². The summed E-state index contributed by atoms with van der Waals surface area (Å²) in [5.74, 6) is -0.263. The summed E-state index contributed by atoms with van der Waals surface area (Å²) in [5.41, 5.74) is 0.974. The molecule has 0 saturated carbocycles. The van der Waals surface area contributed by atoms with E-state index in [1.807, 2.05) is 0 Å². The number of nitriles is 1. The zero-order valence-corrected chi connectivity index (χ0v) is 11.9. The molecule has 0 aromatic heterocycles. The van der Waals surface area contributed by atoms with Crippen molar-refractivity contribution >= 4 is 21.9 Å². The van der Waals surface area contributed by atoms with Crippen LogP contribution in [0.3, 0.4) is 0 Å². The Kier molecular flexibility index (Phi) is 4.38. The van der Waals surface area contributed by atoms with Crippen LogP contribution in [0.2, 0.25) is 0 Å². The Morgan fingerprint density at radius 2 is 1.95 bits per heavy atom. The summed E-state index contributed by atoms with van der Waals surface area (Å²) in [4.78, 5) is 11.1. The fourth-order valence-corrected chi connectivity index (χ4v) is 1.99. The lowest BCUT2D eigenvalue weighted by molar-refractivity contribution is 0.0694. The van der Waals surface area contributed by atoms with Crippen molar-refractivity contribution in [3.05, 3.63) is 58.1 Å². The molecule has 0 heterocycles. The number of carbonyl (C=O) groups is 1. The van der Waals surface area contributed by atoms with E-state index in [1.54, 1.807) is 36.4 Å². The van der Waals surface area contributed by atoms with Crippen molar-refractivity contribution < 1.29 is 14.6 Å². The van der Waals surface area contributed by atoms with Crippen molar-refractivity contribution in [1.29, 1.82) is 5.26 Å². The molecule has 0 amide bonds. The highest BCUT2D eigenvalue weighted by molar-refractivity contribution is 9.10. The third-order valence-corrected chi connectivity index (χ3v) is 3.10. The fraction of sp³-hybridized carbons (Fsp3) is 0.0667. The second-order valence-electron chi connectivity index (χ2n) is 4.03. The van der Waals surface area contributed by atoms with E-state index in [-0.39, 0.29) is 11.3 Å². The van der Waals surface area contributed by atoms with Gasteiger partial charge in [-0.15, -0.1) is 0 Å². The Morgan fingerprint density at radius 3 is 2.55 bits per heavy atom. The van der Waals surface area contributed by atoms with Crippen molar-refractivity contribution in [1.82, 2.24) is 0 Å². The van der Waals surface area contributed by atoms with Crippen LogP contribution in [0.25, 0.3) is 0 Å². The quantitative estimate of drug-likeness (QED) is 0.918. The molecule has 0 atom stereocenters. The van der Waals surface area contributed by atoms with Gasteiger partial charge in [0.2, 0.25) is 0 Å². The maximum absolute atomic E-state index is 11.1. The molecule has 0 aliphatic heterocycles. The lowest BCUT2D eigenvalue weighted by Crippen LogP contribution is -1.99. The number of aromatic carboxylic acids is 1. The topological polar surface area (TPSA) is 70.3 Å². The fourth-order valence-electron chi connectivity index (χ4n) is 1.65. The number of hydrogen-bond acceptors (Lipinski definition) is 3. The Labute approximate surface area is 124 Å². The number of carboxylic acid groups (broad SMARTS) is 1. The lowest BCUT2D eigenvalue weighted by atomic mass is 10.1. The van der Waals surface area contributed by atoms with Crippen molar-refractivity contribution in [3.63, 3.8) is 0 Å². The van der Waals surface area contributed by atoms with E-state index < -0.39 is 5.97 Å². The first-order valence-electron chi connectivity index (χ1n) is 5.77. The molecule has 0 saturated heterocycles. The normalized spacial score (nSPS) is 9.80. The highest BCUT2D eigenvalue weighted by Crippen LogP contribution is 2.28. The molecule has 2 rings (SSSR count). The molecule has 1 N–H and O–H groups in total. The van der Waals surface area contributed by atoms with Gasteiger partial charge in [0, 0.05) is 4.47 Å². The average Bonchev–Trinajstić information content (AvgIpc) is 2.41. The van der Waals surface area contributed by atoms with Crippen LogP contribution in [0.4, 0.5) is 0 Å². The summed E-state index contributed by atoms with van der Waals surface area (Å²) < 4.78 is 6.33. The number of ether oxygens (including phenoxy) is 1. The van der Waals surface area contributed by atoms with Gasteiger partial charge in [-0.25, -0.2) is 4.79 Å². The minimum Gasteiger partial charge on any atom is -0.478 e. The van der Waals surface area contributed by atoms with Gasteiger partial charge < -0.3 is 9.84 Å². The molecule has 2 aromatic carbocycles. The molecule has 0 bridgehead atoms. The molecule has 0 fully saturated rings. The maximum atomic E-state index is 11.1. The maximum Gasteiger partial charge on any atom is 0.339 e. The van der Waals surface area contributed by atoms with E-state index >= 15 is 0 Å². The Hall–Kier alpha value is -2.32. The van der Waals surface area contributed by atoms with Crippen LogP contribution in [0.15, 0.2) is 46.9 Å². The molecule has 0 aliphatic carbocycles. The second-order valence-corrected chi connectivity index (χ2v) is 4.94. The number of rotatable bonds is 4. The third kappa shape index (κ3) is 3.37. The summed E-state index contributed by atoms with van der Waals surface area (Å²) in [5, 5.41) is 17.7. The summed E-state index contributed by atoms with van der Waals surface area (Å²) in [6.07, 6.45) is 0.331. The van der Waals surface area contributed by atoms with E-state index in [0.717, 1.165) is 10.0 Å². The smallest absolute Gasteiger partial charge is 0.339 e. The molecule has 0 unspecified atom stereocenters. The number of benzene rings is 2. The van der Waals surface area contributed by atoms with Gasteiger partial charge in [-0.1, -0.05) is 28.1 Å². The Morgan fingerprint density at radius 1 is 1.25 bits per heavy atom. The molecule has 0 radical (unpaired) electrons. The van der Waals surface area contributed by atoms with Crippen LogP contribution in [-0.4, -0.2) is 11.1 Å². The average molecular weight is 332 g/mol. The van der Waals surface area contributed by atoms with Crippen LogP contribution in [0, 0.1) is 11.3 Å². The molecule has 4 nitrogen and oxygen atoms in total. The summed E-state index contributed by atoms with van der Waals surface area (Å²) in [6, 6.07) is 13.8. The van der Waals surface area contributed by atoms with Gasteiger partial charge in [0.15, 0.2) is 0 Å². The van der Waals surface area contributed by atoms with Gasteiger partial charge in [-0.2, -0.15) is 5.26 Å². The van der Waals surface area contributed by atoms with E-state index in [9.17, 15) is 4.79 Å². The molecule has 0 spiro atoms. The summed E-state index contributed by atoms with van der Waals surface area (Å²) in [7, 11) is 0. The summed E-state index contributed by atoms with van der Waals surface area (Å²) >= 11 is 3.28. The van der Waals surface area contributed by atoms with Gasteiger partial charge in [-0.05, 0) is 35.9 Å². The van der Waals surface area contributed by atoms with Gasteiger partial charge in [0.25, 0.3) is 0 Å². The zero-order valence-electron chi connectivity index (χ0n) is 10.3. The predicted octanol–water partition coefficient (Wildman–Crippen LogP) is 4.01. The van der Waals surface area contributed by atoms with Crippen molar-refractivity contribution in [2.75, 3.05) is 0 Å². The summed E-state index contributed by atoms with van der Waals surface area (Å²) in [6.45, 7) is 0. The standard InChI is InChI=1S/C15H10BrNO3/c16-11-3-6-13(15(18)19)14(9-11)20-12-4-1-10(2-5-12)7-8-17/h1-6,9H,7H2,(H,18,19). The van der Waals surface area contributed by atoms with Crippen molar-refractivity contribution in [2.24, 2.45) is 0 Å². The largest absolute Gasteiger partial charge is 0.478 e. The molecule has 100 valence electrons. The van der Waals surface area contributed by atoms with E-state index in [0.29, 0.717) is 12.2 Å². The van der Waals surface area contributed by atoms with Crippen LogP contribution in [-0.2, 0) is 6.42 Å². The minimum atomic E-state index is -1.05. The SMILES string of the molecule is N#CCc1ccc(Oc2cc(Br)ccc2C(=O)O)cc1. The van der Waals surface area contributed by atoms with Crippen LogP contribution in [0.5, 0.6) is 11.5 Å². The lowest BCUT2D eigenvalue weighted by Gasteiger charge is -2.09. The Bertz CT molecular complexity index is 675. The highest BCUT2D eigenvalue weighted by Gasteiger charge is 2.12. The molecular formula is C15H10BrNO3. The molecular weight excluding hydrogens is 322 g/mol.